The molecule has 0 aromatic heterocycles. The van der Waals surface area contributed by atoms with Gasteiger partial charge in [0.05, 0.1) is 5.69 Å². The van der Waals surface area contributed by atoms with Crippen LogP contribution in [0.3, 0.4) is 0 Å². The molecular weight excluding hydrogens is 278 g/mol. The van der Waals surface area contributed by atoms with E-state index in [0.717, 1.165) is 0 Å². The van der Waals surface area contributed by atoms with Gasteiger partial charge in [-0.1, -0.05) is 18.5 Å². The molecule has 1 aromatic rings. The van der Waals surface area contributed by atoms with E-state index >= 15 is 0 Å². The molecule has 2 amide bonds. The van der Waals surface area contributed by atoms with Gasteiger partial charge in [0.25, 0.3) is 10.0 Å². The molecular formula is C10H14ClN3O3S. The molecule has 18 heavy (non-hydrogen) atoms. The quantitative estimate of drug-likeness (QED) is 0.728. The number of halogens is 1. The van der Waals surface area contributed by atoms with Crippen molar-refractivity contribution in [3.8, 4) is 0 Å². The summed E-state index contributed by atoms with van der Waals surface area (Å²) in [5, 5.41) is 2.71. The zero-order valence-corrected chi connectivity index (χ0v) is 11.3. The first-order chi connectivity index (χ1) is 8.36. The van der Waals surface area contributed by atoms with Crippen molar-refractivity contribution in [3.05, 3.63) is 23.2 Å². The van der Waals surface area contributed by atoms with Gasteiger partial charge in [0, 0.05) is 11.6 Å². The van der Waals surface area contributed by atoms with Crippen LogP contribution in [0.2, 0.25) is 5.02 Å². The van der Waals surface area contributed by atoms with Crippen LogP contribution in [-0.2, 0) is 10.0 Å². The second-order valence-corrected chi connectivity index (χ2v) is 5.63. The number of hydrogen-bond donors (Lipinski definition) is 3. The Bertz CT molecular complexity index is 545. The summed E-state index contributed by atoms with van der Waals surface area (Å²) in [7, 11) is -3.98. The second kappa shape index (κ2) is 5.92. The van der Waals surface area contributed by atoms with Gasteiger partial charge < -0.3 is 11.1 Å². The van der Waals surface area contributed by atoms with Crippen LogP contribution in [0.4, 0.5) is 10.5 Å². The third-order valence-electron chi connectivity index (χ3n) is 2.02. The summed E-state index contributed by atoms with van der Waals surface area (Å²) in [5.41, 5.74) is 5.53. The lowest BCUT2D eigenvalue weighted by Crippen LogP contribution is -2.39. The van der Waals surface area contributed by atoms with E-state index in [4.69, 9.17) is 17.3 Å². The highest BCUT2D eigenvalue weighted by Crippen LogP contribution is 2.21. The molecule has 4 N–H and O–H groups in total. The Hall–Kier alpha value is -1.47. The molecule has 0 fully saturated rings. The lowest BCUT2D eigenvalue weighted by molar-refractivity contribution is 0.246. The van der Waals surface area contributed by atoms with Gasteiger partial charge >= 0.3 is 6.03 Å². The summed E-state index contributed by atoms with van der Waals surface area (Å²) in [6, 6.07) is 3.15. The Morgan fingerprint density at radius 1 is 1.44 bits per heavy atom. The monoisotopic (exact) mass is 291 g/mol. The number of urea groups is 1. The van der Waals surface area contributed by atoms with Gasteiger partial charge in [-0.25, -0.2) is 17.9 Å². The van der Waals surface area contributed by atoms with Crippen molar-refractivity contribution in [1.29, 1.82) is 0 Å². The highest BCUT2D eigenvalue weighted by atomic mass is 35.5. The number of sulfonamides is 1. The van der Waals surface area contributed by atoms with E-state index < -0.39 is 16.1 Å². The molecule has 0 aliphatic rings. The third kappa shape index (κ3) is 3.78. The number of benzene rings is 1. The predicted molar refractivity (Wildman–Crippen MR) is 69.9 cm³/mol. The molecule has 0 unspecified atom stereocenters. The van der Waals surface area contributed by atoms with Gasteiger partial charge in [-0.05, 0) is 24.6 Å². The van der Waals surface area contributed by atoms with Crippen LogP contribution in [0.5, 0.6) is 0 Å². The van der Waals surface area contributed by atoms with Crippen molar-refractivity contribution < 1.29 is 13.2 Å². The van der Waals surface area contributed by atoms with E-state index in [1.165, 1.54) is 18.2 Å². The maximum atomic E-state index is 11.8. The summed E-state index contributed by atoms with van der Waals surface area (Å²) >= 11 is 5.67. The Morgan fingerprint density at radius 2 is 2.11 bits per heavy atom. The Balaban J connectivity index is 2.90. The molecule has 6 nitrogen and oxygen atoms in total. The minimum Gasteiger partial charge on any atom is -0.398 e. The highest BCUT2D eigenvalue weighted by molar-refractivity contribution is 7.90. The van der Waals surface area contributed by atoms with E-state index in [2.05, 4.69) is 5.32 Å². The zero-order valence-electron chi connectivity index (χ0n) is 9.73. The molecule has 1 aromatic carbocycles. The van der Waals surface area contributed by atoms with E-state index in [0.29, 0.717) is 18.0 Å². The van der Waals surface area contributed by atoms with Crippen LogP contribution in [0, 0.1) is 0 Å². The highest BCUT2D eigenvalue weighted by Gasteiger charge is 2.20. The Morgan fingerprint density at radius 3 is 2.67 bits per heavy atom. The number of amides is 2. The number of rotatable bonds is 4. The molecule has 0 saturated heterocycles. The van der Waals surface area contributed by atoms with Crippen molar-refractivity contribution >= 4 is 33.3 Å². The van der Waals surface area contributed by atoms with E-state index in [-0.39, 0.29) is 10.6 Å². The number of nitrogen functional groups attached to an aromatic ring is 1. The van der Waals surface area contributed by atoms with Crippen LogP contribution in [0.15, 0.2) is 23.1 Å². The van der Waals surface area contributed by atoms with Gasteiger partial charge in [0.1, 0.15) is 4.90 Å². The summed E-state index contributed by atoms with van der Waals surface area (Å²) in [5.74, 6) is 0. The summed E-state index contributed by atoms with van der Waals surface area (Å²) < 4.78 is 25.6. The van der Waals surface area contributed by atoms with Crippen LogP contribution in [-0.4, -0.2) is 21.0 Å². The van der Waals surface area contributed by atoms with Gasteiger partial charge in [-0.15, -0.1) is 0 Å². The standard InChI is InChI=1S/C10H14ClN3O3S/c1-2-5-13-10(15)14-18(16,17)9-4-3-7(11)6-8(9)12/h3-4,6H,2,5,12H2,1H3,(H2,13,14,15). The van der Waals surface area contributed by atoms with Gasteiger partial charge in [0.2, 0.25) is 0 Å². The molecule has 0 heterocycles. The first kappa shape index (κ1) is 14.6. The summed E-state index contributed by atoms with van der Waals surface area (Å²) in [6.07, 6.45) is 0.705. The van der Waals surface area contributed by atoms with Crippen molar-refractivity contribution in [3.63, 3.8) is 0 Å². The van der Waals surface area contributed by atoms with Gasteiger partial charge in [-0.3, -0.25) is 0 Å². The molecule has 0 bridgehead atoms. The molecule has 1 rings (SSSR count). The summed E-state index contributed by atoms with van der Waals surface area (Å²) in [4.78, 5) is 11.1. The number of carbonyl (C=O) groups excluding carboxylic acids is 1. The minimum atomic E-state index is -3.98. The molecule has 0 atom stereocenters. The third-order valence-corrected chi connectivity index (χ3v) is 3.66. The lowest BCUT2D eigenvalue weighted by Gasteiger charge is -2.09. The average Bonchev–Trinajstić information content (AvgIpc) is 2.25. The number of nitrogens with one attached hydrogen (secondary N) is 2. The van der Waals surface area contributed by atoms with Crippen LogP contribution in [0.25, 0.3) is 0 Å². The molecule has 0 spiro atoms. The molecule has 0 saturated carbocycles. The number of hydrogen-bond acceptors (Lipinski definition) is 4. The first-order valence-corrected chi connectivity index (χ1v) is 7.08. The molecule has 0 aliphatic carbocycles. The summed E-state index contributed by atoms with van der Waals surface area (Å²) in [6.45, 7) is 2.24. The normalized spacial score (nSPS) is 11.0. The van der Waals surface area contributed by atoms with Crippen molar-refractivity contribution in [2.24, 2.45) is 0 Å². The lowest BCUT2D eigenvalue weighted by atomic mass is 10.3. The average molecular weight is 292 g/mol. The van der Waals surface area contributed by atoms with Crippen LogP contribution < -0.4 is 15.8 Å². The predicted octanol–water partition coefficient (Wildman–Crippen LogP) is 1.32. The fourth-order valence-corrected chi connectivity index (χ4v) is 2.44. The van der Waals surface area contributed by atoms with Crippen molar-refractivity contribution in [1.82, 2.24) is 10.0 Å². The van der Waals surface area contributed by atoms with Crippen molar-refractivity contribution in [2.45, 2.75) is 18.2 Å². The zero-order chi connectivity index (χ0) is 13.8. The first-order valence-electron chi connectivity index (χ1n) is 5.22. The Kier molecular flexibility index (Phi) is 4.80. The second-order valence-electron chi connectivity index (χ2n) is 3.54. The van der Waals surface area contributed by atoms with Gasteiger partial charge in [0.15, 0.2) is 0 Å². The fourth-order valence-electron chi connectivity index (χ4n) is 1.22. The maximum Gasteiger partial charge on any atom is 0.328 e. The van der Waals surface area contributed by atoms with Gasteiger partial charge in [-0.2, -0.15) is 0 Å². The minimum absolute atomic E-state index is 0.0155. The molecule has 0 aliphatic heterocycles. The van der Waals surface area contributed by atoms with E-state index in [1.54, 1.807) is 0 Å². The Labute approximate surface area is 111 Å². The van der Waals surface area contributed by atoms with Crippen LogP contribution >= 0.6 is 11.6 Å². The number of carbonyl (C=O) groups is 1. The topological polar surface area (TPSA) is 101 Å². The smallest absolute Gasteiger partial charge is 0.328 e. The number of nitrogens with two attached hydrogens (primary N) is 1. The molecule has 100 valence electrons. The van der Waals surface area contributed by atoms with E-state index in [1.807, 2.05) is 11.6 Å². The fraction of sp³-hybridized carbons (Fsp3) is 0.300. The maximum absolute atomic E-state index is 11.8. The largest absolute Gasteiger partial charge is 0.398 e. The molecule has 0 radical (unpaired) electrons. The van der Waals surface area contributed by atoms with Crippen LogP contribution in [0.1, 0.15) is 13.3 Å². The SMILES string of the molecule is CCCNC(=O)NS(=O)(=O)c1ccc(Cl)cc1N. The van der Waals surface area contributed by atoms with Crippen molar-refractivity contribution in [2.75, 3.05) is 12.3 Å². The molecule has 8 heteroatoms. The van der Waals surface area contributed by atoms with E-state index in [9.17, 15) is 13.2 Å². The number of anilines is 1.